The van der Waals surface area contributed by atoms with E-state index in [0.717, 1.165) is 0 Å². The van der Waals surface area contributed by atoms with Crippen LogP contribution in [0.25, 0.3) is 27.7 Å². The lowest BCUT2D eigenvalue weighted by Crippen LogP contribution is -2.03. The number of ether oxygens (including phenoxy) is 1. The summed E-state index contributed by atoms with van der Waals surface area (Å²) in [6, 6.07) is 3.20. The number of nitrogen functional groups attached to an aromatic ring is 1. The number of methoxy groups -OCH3 is 1. The van der Waals surface area contributed by atoms with Gasteiger partial charge in [-0.25, -0.2) is 8.78 Å². The minimum Gasteiger partial charge on any atom is -0.467 e. The van der Waals surface area contributed by atoms with E-state index in [-0.39, 0.29) is 28.4 Å². The number of rotatable bonds is 3. The Labute approximate surface area is 161 Å². The van der Waals surface area contributed by atoms with Crippen LogP contribution in [0.15, 0.2) is 24.2 Å². The molecule has 5 nitrogen and oxygen atoms in total. The number of nitrogens with two attached hydrogens (primary N) is 1. The molecule has 0 radical (unpaired) electrons. The molecule has 0 saturated heterocycles. The predicted molar refractivity (Wildman–Crippen MR) is 106 cm³/mol. The topological polar surface area (TPSA) is 73.9 Å². The second-order valence-electron chi connectivity index (χ2n) is 6.29. The fraction of sp³-hybridized carbons (Fsp3) is 0.190. The number of aryl methyl sites for hydroxylation is 2. The zero-order valence-electron chi connectivity index (χ0n) is 15.9. The van der Waals surface area contributed by atoms with E-state index in [1.807, 2.05) is 0 Å². The summed E-state index contributed by atoms with van der Waals surface area (Å²) in [7, 11) is 1.40. The first kappa shape index (κ1) is 19.2. The zero-order chi connectivity index (χ0) is 20.6. The first-order valence-corrected chi connectivity index (χ1v) is 8.39. The number of fused-ring (bicyclic) bond motifs is 1. The molecule has 0 saturated carbocycles. The number of aromatic nitrogens is 3. The van der Waals surface area contributed by atoms with E-state index < -0.39 is 11.6 Å². The number of hydrogen-bond donors (Lipinski definition) is 1. The molecule has 28 heavy (non-hydrogen) atoms. The van der Waals surface area contributed by atoms with Crippen LogP contribution in [0.4, 0.5) is 14.5 Å². The molecule has 2 N–H and O–H groups in total. The van der Waals surface area contributed by atoms with Gasteiger partial charge in [0.2, 0.25) is 0 Å². The summed E-state index contributed by atoms with van der Waals surface area (Å²) >= 11 is 0. The van der Waals surface area contributed by atoms with E-state index >= 15 is 4.39 Å². The summed E-state index contributed by atoms with van der Waals surface area (Å²) in [6.45, 7) is 4.68. The van der Waals surface area contributed by atoms with Crippen LogP contribution in [0.3, 0.4) is 0 Å². The average molecular weight is 380 g/mol. The van der Waals surface area contributed by atoms with Gasteiger partial charge in [-0.05, 0) is 38.5 Å². The normalized spacial score (nSPS) is 11.9. The SMILES string of the molecule is C#C/C(=C(/C)F)c1c(C)cc(N)cc1-c1ncc2c(C)nc(OC)nc2c1F. The highest BCUT2D eigenvalue weighted by molar-refractivity contribution is 5.93. The smallest absolute Gasteiger partial charge is 0.316 e. The van der Waals surface area contributed by atoms with Gasteiger partial charge in [0.05, 0.1) is 18.4 Å². The third-order valence-electron chi connectivity index (χ3n) is 4.39. The average Bonchev–Trinajstić information content (AvgIpc) is 2.64. The summed E-state index contributed by atoms with van der Waals surface area (Å²) in [4.78, 5) is 12.5. The molecule has 142 valence electrons. The highest BCUT2D eigenvalue weighted by atomic mass is 19.1. The largest absolute Gasteiger partial charge is 0.467 e. The summed E-state index contributed by atoms with van der Waals surface area (Å²) in [5.41, 5.74) is 8.14. The molecule has 0 atom stereocenters. The summed E-state index contributed by atoms with van der Waals surface area (Å²) < 4.78 is 34.6. The number of pyridine rings is 1. The van der Waals surface area contributed by atoms with Crippen molar-refractivity contribution < 1.29 is 13.5 Å². The van der Waals surface area contributed by atoms with Crippen LogP contribution in [-0.4, -0.2) is 22.1 Å². The molecule has 0 unspecified atom stereocenters. The third-order valence-corrected chi connectivity index (χ3v) is 4.39. The van der Waals surface area contributed by atoms with Gasteiger partial charge in [0.1, 0.15) is 17.0 Å². The number of anilines is 1. The second-order valence-corrected chi connectivity index (χ2v) is 6.29. The maximum atomic E-state index is 15.5. The number of nitrogens with zero attached hydrogens (tertiary/aromatic N) is 3. The molecule has 2 heterocycles. The monoisotopic (exact) mass is 380 g/mol. The van der Waals surface area contributed by atoms with Crippen molar-refractivity contribution in [1.29, 1.82) is 0 Å². The van der Waals surface area contributed by atoms with Crippen LogP contribution >= 0.6 is 0 Å². The molecule has 0 fully saturated rings. The zero-order valence-corrected chi connectivity index (χ0v) is 15.9. The molecule has 1 aromatic carbocycles. The number of terminal acetylenes is 1. The second kappa shape index (κ2) is 7.24. The highest BCUT2D eigenvalue weighted by Gasteiger charge is 2.21. The van der Waals surface area contributed by atoms with Gasteiger partial charge in [-0.15, -0.1) is 6.42 Å². The maximum Gasteiger partial charge on any atom is 0.316 e. The van der Waals surface area contributed by atoms with Gasteiger partial charge in [0.25, 0.3) is 0 Å². The minimum atomic E-state index is -0.694. The molecule has 0 spiro atoms. The van der Waals surface area contributed by atoms with Crippen molar-refractivity contribution in [1.82, 2.24) is 15.0 Å². The fourth-order valence-corrected chi connectivity index (χ4v) is 3.13. The van der Waals surface area contributed by atoms with Gasteiger partial charge in [0, 0.05) is 28.4 Å². The Kier molecular flexibility index (Phi) is 4.97. The number of halogens is 2. The lowest BCUT2D eigenvalue weighted by atomic mass is 9.91. The Hall–Kier alpha value is -3.53. The van der Waals surface area contributed by atoms with Crippen molar-refractivity contribution in [2.45, 2.75) is 20.8 Å². The van der Waals surface area contributed by atoms with Crippen LogP contribution in [0.5, 0.6) is 6.01 Å². The minimum absolute atomic E-state index is 0.0187. The van der Waals surface area contributed by atoms with Crippen LogP contribution < -0.4 is 10.5 Å². The van der Waals surface area contributed by atoms with E-state index in [0.29, 0.717) is 27.9 Å². The molecule has 3 rings (SSSR count). The van der Waals surface area contributed by atoms with Crippen molar-refractivity contribution in [3.05, 3.63) is 46.8 Å². The van der Waals surface area contributed by atoms with Gasteiger partial charge < -0.3 is 10.5 Å². The van der Waals surface area contributed by atoms with Crippen molar-refractivity contribution in [3.63, 3.8) is 0 Å². The van der Waals surface area contributed by atoms with Crippen molar-refractivity contribution in [2.75, 3.05) is 12.8 Å². The van der Waals surface area contributed by atoms with Crippen LogP contribution in [0.1, 0.15) is 23.7 Å². The van der Waals surface area contributed by atoms with Crippen molar-refractivity contribution in [2.24, 2.45) is 0 Å². The lowest BCUT2D eigenvalue weighted by molar-refractivity contribution is 0.380. The number of benzene rings is 1. The van der Waals surface area contributed by atoms with E-state index in [1.165, 1.54) is 26.3 Å². The Morgan fingerprint density at radius 3 is 2.57 bits per heavy atom. The van der Waals surface area contributed by atoms with E-state index in [4.69, 9.17) is 16.9 Å². The Morgan fingerprint density at radius 2 is 1.96 bits per heavy atom. The Morgan fingerprint density at radius 1 is 1.25 bits per heavy atom. The molecule has 0 bridgehead atoms. The summed E-state index contributed by atoms with van der Waals surface area (Å²) in [5, 5.41) is 0.443. The molecule has 3 aromatic rings. The van der Waals surface area contributed by atoms with E-state index in [9.17, 15) is 4.39 Å². The maximum absolute atomic E-state index is 15.5. The molecule has 0 aliphatic heterocycles. The third kappa shape index (κ3) is 3.14. The molecular weight excluding hydrogens is 362 g/mol. The van der Waals surface area contributed by atoms with Gasteiger partial charge in [-0.2, -0.15) is 9.97 Å². The molecule has 0 aliphatic rings. The molecular formula is C21H18F2N4O. The molecule has 0 aliphatic carbocycles. The Bertz CT molecular complexity index is 1180. The van der Waals surface area contributed by atoms with Crippen molar-refractivity contribution >= 4 is 22.2 Å². The number of allylic oxidation sites excluding steroid dienone is 2. The Balaban J connectivity index is 2.42. The molecule has 7 heteroatoms. The van der Waals surface area contributed by atoms with Crippen LogP contribution in [-0.2, 0) is 0 Å². The quantitative estimate of drug-likeness (QED) is 0.539. The van der Waals surface area contributed by atoms with Crippen LogP contribution in [0, 0.1) is 32.0 Å². The predicted octanol–water partition coefficient (Wildman–Crippen LogP) is 4.37. The van der Waals surface area contributed by atoms with Gasteiger partial charge in [-0.3, -0.25) is 4.98 Å². The van der Waals surface area contributed by atoms with E-state index in [2.05, 4.69) is 20.9 Å². The number of hydrogen-bond acceptors (Lipinski definition) is 5. The van der Waals surface area contributed by atoms with E-state index in [1.54, 1.807) is 19.9 Å². The highest BCUT2D eigenvalue weighted by Crippen LogP contribution is 2.37. The summed E-state index contributed by atoms with van der Waals surface area (Å²) in [6.07, 6.45) is 6.98. The lowest BCUT2D eigenvalue weighted by Gasteiger charge is -2.15. The first-order chi connectivity index (χ1) is 13.3. The summed E-state index contributed by atoms with van der Waals surface area (Å²) in [5.74, 6) is 1.09. The van der Waals surface area contributed by atoms with Gasteiger partial charge in [0.15, 0.2) is 5.82 Å². The molecule has 0 amide bonds. The fourth-order valence-electron chi connectivity index (χ4n) is 3.13. The van der Waals surface area contributed by atoms with Gasteiger partial charge in [-0.1, -0.05) is 5.92 Å². The van der Waals surface area contributed by atoms with Crippen LogP contribution in [0.2, 0.25) is 0 Å². The standard InChI is InChI=1S/C21H18F2N4O/c1-6-14(11(3)22)17-10(2)7-13(24)8-15(17)19-18(23)20-16(9-25-19)12(4)26-21(27-20)28-5/h1,7-9H,24H2,2-5H3/b14-11+. The van der Waals surface area contributed by atoms with Crippen molar-refractivity contribution in [3.8, 4) is 29.6 Å². The first-order valence-electron chi connectivity index (χ1n) is 8.39. The molecule has 2 aromatic heterocycles. The van der Waals surface area contributed by atoms with Gasteiger partial charge >= 0.3 is 6.01 Å².